The van der Waals surface area contributed by atoms with Crippen molar-refractivity contribution in [2.45, 2.75) is 19.1 Å². The second-order valence-corrected chi connectivity index (χ2v) is 4.83. The van der Waals surface area contributed by atoms with Crippen LogP contribution in [0.25, 0.3) is 0 Å². The van der Waals surface area contributed by atoms with Crippen LogP contribution in [0, 0.1) is 5.82 Å². The van der Waals surface area contributed by atoms with Crippen LogP contribution in [0.4, 0.5) is 4.39 Å². The molecule has 0 saturated carbocycles. The summed E-state index contributed by atoms with van der Waals surface area (Å²) in [4.78, 5) is 2.13. The zero-order valence-corrected chi connectivity index (χ0v) is 11.0. The van der Waals surface area contributed by atoms with Gasteiger partial charge >= 0.3 is 0 Å². The summed E-state index contributed by atoms with van der Waals surface area (Å²) in [5.41, 5.74) is 0.740. The summed E-state index contributed by atoms with van der Waals surface area (Å²) in [6, 6.07) is 7.01. The number of rotatable bonds is 4. The molecule has 1 heterocycles. The Bertz CT molecular complexity index is 380. The van der Waals surface area contributed by atoms with Gasteiger partial charge in [-0.05, 0) is 20.0 Å². The van der Waals surface area contributed by atoms with E-state index in [1.165, 1.54) is 6.07 Å². The van der Waals surface area contributed by atoms with E-state index in [1.807, 2.05) is 26.1 Å². The average molecular weight is 252 g/mol. The lowest BCUT2D eigenvalue weighted by Crippen LogP contribution is -2.44. The van der Waals surface area contributed by atoms with Crippen molar-refractivity contribution < 1.29 is 9.13 Å². The van der Waals surface area contributed by atoms with Gasteiger partial charge in [-0.15, -0.1) is 0 Å². The maximum atomic E-state index is 13.7. The van der Waals surface area contributed by atoms with Gasteiger partial charge in [-0.3, -0.25) is 4.90 Å². The van der Waals surface area contributed by atoms with E-state index in [0.717, 1.165) is 31.8 Å². The van der Waals surface area contributed by atoms with Gasteiger partial charge in [-0.25, -0.2) is 4.39 Å². The predicted octanol–water partition coefficient (Wildman–Crippen LogP) is 1.81. The molecule has 1 fully saturated rings. The molecule has 1 saturated heterocycles. The molecule has 0 aromatic heterocycles. The fraction of sp³-hybridized carbons (Fsp3) is 0.571. The number of benzene rings is 1. The van der Waals surface area contributed by atoms with E-state index in [-0.39, 0.29) is 18.0 Å². The number of ether oxygens (including phenoxy) is 1. The highest BCUT2D eigenvalue weighted by atomic mass is 19.1. The zero-order valence-electron chi connectivity index (χ0n) is 11.0. The van der Waals surface area contributed by atoms with Gasteiger partial charge < -0.3 is 10.1 Å². The third-order valence-corrected chi connectivity index (χ3v) is 3.51. The fourth-order valence-electron chi connectivity index (χ4n) is 2.27. The van der Waals surface area contributed by atoms with E-state index in [1.54, 1.807) is 6.07 Å². The molecule has 2 unspecified atom stereocenters. The molecular weight excluding hydrogens is 231 g/mol. The van der Waals surface area contributed by atoms with E-state index in [4.69, 9.17) is 4.74 Å². The minimum Gasteiger partial charge on any atom is -0.374 e. The van der Waals surface area contributed by atoms with Crippen LogP contribution < -0.4 is 5.32 Å². The number of nitrogens with zero attached hydrogens (tertiary/aromatic N) is 1. The fourth-order valence-corrected chi connectivity index (χ4v) is 2.27. The summed E-state index contributed by atoms with van der Waals surface area (Å²) < 4.78 is 19.4. The van der Waals surface area contributed by atoms with Gasteiger partial charge in [-0.1, -0.05) is 18.2 Å². The predicted molar refractivity (Wildman–Crippen MR) is 70.1 cm³/mol. The minimum absolute atomic E-state index is 0.0525. The normalized spacial score (nSPS) is 22.1. The van der Waals surface area contributed by atoms with Gasteiger partial charge in [0.25, 0.3) is 0 Å². The Morgan fingerprint density at radius 1 is 1.50 bits per heavy atom. The monoisotopic (exact) mass is 252 g/mol. The van der Waals surface area contributed by atoms with Gasteiger partial charge in [0.1, 0.15) is 5.82 Å². The Morgan fingerprint density at radius 3 is 2.94 bits per heavy atom. The van der Waals surface area contributed by atoms with E-state index in [0.29, 0.717) is 0 Å². The number of hydrogen-bond acceptors (Lipinski definition) is 3. The van der Waals surface area contributed by atoms with Crippen molar-refractivity contribution in [1.29, 1.82) is 0 Å². The lowest BCUT2D eigenvalue weighted by molar-refractivity contribution is 0.00370. The van der Waals surface area contributed by atoms with Crippen LogP contribution in [0.5, 0.6) is 0 Å². The van der Waals surface area contributed by atoms with Crippen LogP contribution in [-0.4, -0.2) is 44.3 Å². The lowest BCUT2D eigenvalue weighted by atomic mass is 10.1. The Labute approximate surface area is 108 Å². The van der Waals surface area contributed by atoms with Crippen molar-refractivity contribution in [3.05, 3.63) is 35.6 Å². The Kier molecular flexibility index (Phi) is 4.69. The molecule has 1 aliphatic heterocycles. The van der Waals surface area contributed by atoms with Gasteiger partial charge in [0, 0.05) is 31.2 Å². The van der Waals surface area contributed by atoms with Gasteiger partial charge in [0.15, 0.2) is 0 Å². The van der Waals surface area contributed by atoms with Gasteiger partial charge in [-0.2, -0.15) is 0 Å². The summed E-state index contributed by atoms with van der Waals surface area (Å²) in [7, 11) is 2.01. The number of nitrogens with one attached hydrogen (secondary N) is 1. The largest absolute Gasteiger partial charge is 0.374 e. The summed E-state index contributed by atoms with van der Waals surface area (Å²) in [6.07, 6.45) is 0.193. The first-order valence-electron chi connectivity index (χ1n) is 6.45. The zero-order chi connectivity index (χ0) is 13.0. The van der Waals surface area contributed by atoms with Crippen LogP contribution in [-0.2, 0) is 4.74 Å². The van der Waals surface area contributed by atoms with Crippen LogP contribution >= 0.6 is 0 Å². The highest BCUT2D eigenvalue weighted by molar-refractivity contribution is 5.20. The van der Waals surface area contributed by atoms with Gasteiger partial charge in [0.05, 0.1) is 12.7 Å². The molecule has 2 rings (SSSR count). The molecule has 1 aliphatic rings. The highest BCUT2D eigenvalue weighted by Gasteiger charge is 2.20. The number of morpholine rings is 1. The molecule has 0 spiro atoms. The quantitative estimate of drug-likeness (QED) is 0.884. The lowest BCUT2D eigenvalue weighted by Gasteiger charge is -2.31. The molecule has 4 heteroatoms. The third-order valence-electron chi connectivity index (χ3n) is 3.51. The van der Waals surface area contributed by atoms with Crippen LogP contribution in [0.15, 0.2) is 24.3 Å². The van der Waals surface area contributed by atoms with E-state index in [9.17, 15) is 4.39 Å². The molecule has 2 atom stereocenters. The maximum Gasteiger partial charge on any atom is 0.127 e. The first kappa shape index (κ1) is 13.5. The molecule has 1 aromatic carbocycles. The maximum absolute atomic E-state index is 13.7. The SMILES string of the molecule is CC(c1ccccc1F)N(C)CC1CNCCO1. The molecule has 0 amide bonds. The Morgan fingerprint density at radius 2 is 2.28 bits per heavy atom. The minimum atomic E-state index is -0.139. The topological polar surface area (TPSA) is 24.5 Å². The van der Waals surface area contributed by atoms with Crippen LogP contribution in [0.1, 0.15) is 18.5 Å². The third kappa shape index (κ3) is 3.28. The van der Waals surface area contributed by atoms with E-state index >= 15 is 0 Å². The molecule has 100 valence electrons. The summed E-state index contributed by atoms with van der Waals surface area (Å²) in [6.45, 7) is 5.38. The van der Waals surface area contributed by atoms with Crippen LogP contribution in [0.2, 0.25) is 0 Å². The van der Waals surface area contributed by atoms with Crippen molar-refractivity contribution in [2.75, 3.05) is 33.3 Å². The number of halogens is 1. The molecule has 0 radical (unpaired) electrons. The van der Waals surface area contributed by atoms with Crippen molar-refractivity contribution in [2.24, 2.45) is 0 Å². The van der Waals surface area contributed by atoms with Crippen molar-refractivity contribution in [1.82, 2.24) is 10.2 Å². The molecule has 18 heavy (non-hydrogen) atoms. The Balaban J connectivity index is 1.95. The molecule has 0 bridgehead atoms. The first-order valence-corrected chi connectivity index (χ1v) is 6.45. The Hall–Kier alpha value is -0.970. The second-order valence-electron chi connectivity index (χ2n) is 4.83. The molecule has 0 aliphatic carbocycles. The van der Waals surface area contributed by atoms with Crippen LogP contribution in [0.3, 0.4) is 0 Å². The smallest absolute Gasteiger partial charge is 0.127 e. The van der Waals surface area contributed by atoms with E-state index < -0.39 is 0 Å². The van der Waals surface area contributed by atoms with Gasteiger partial charge in [0.2, 0.25) is 0 Å². The second kappa shape index (κ2) is 6.27. The average Bonchev–Trinajstić information content (AvgIpc) is 2.39. The molecule has 3 nitrogen and oxygen atoms in total. The van der Waals surface area contributed by atoms with Crippen molar-refractivity contribution in [3.63, 3.8) is 0 Å². The van der Waals surface area contributed by atoms with Crippen molar-refractivity contribution >= 4 is 0 Å². The summed E-state index contributed by atoms with van der Waals surface area (Å²) in [5, 5.41) is 3.30. The molecule has 1 N–H and O–H groups in total. The van der Waals surface area contributed by atoms with Crippen molar-refractivity contribution in [3.8, 4) is 0 Å². The standard InChI is InChI=1S/C14H21FN2O/c1-11(13-5-3-4-6-14(13)15)17(2)10-12-9-16-7-8-18-12/h3-6,11-12,16H,7-10H2,1-2H3. The summed E-state index contributed by atoms with van der Waals surface area (Å²) in [5.74, 6) is -0.139. The first-order chi connectivity index (χ1) is 8.68. The highest BCUT2D eigenvalue weighted by Crippen LogP contribution is 2.21. The molecule has 1 aromatic rings. The van der Waals surface area contributed by atoms with E-state index in [2.05, 4.69) is 10.2 Å². The number of hydrogen-bond donors (Lipinski definition) is 1. The summed E-state index contributed by atoms with van der Waals surface area (Å²) >= 11 is 0. The number of likely N-dealkylation sites (N-methyl/N-ethyl adjacent to an activating group) is 1. The molecular formula is C14H21FN2O.